The second-order valence-electron chi connectivity index (χ2n) is 5.80. The van der Waals surface area contributed by atoms with Crippen LogP contribution in [0.1, 0.15) is 19.3 Å². The smallest absolute Gasteiger partial charge is 0.387 e. The molecule has 1 saturated carbocycles. The molecule has 2 fully saturated rings. The minimum absolute atomic E-state index is 0.0864. The molecule has 2 aliphatic rings. The molecule has 1 aliphatic heterocycles. The maximum atomic E-state index is 12.6. The summed E-state index contributed by atoms with van der Waals surface area (Å²) in [6, 6.07) is 3.82. The van der Waals surface area contributed by atoms with Crippen LogP contribution in [0.3, 0.4) is 0 Å². The largest absolute Gasteiger partial charge is 0.437 e. The van der Waals surface area contributed by atoms with E-state index in [0.29, 0.717) is 13.2 Å². The van der Waals surface area contributed by atoms with Gasteiger partial charge < -0.3 is 14.1 Å². The normalized spacial score (nSPS) is 23.9. The maximum absolute atomic E-state index is 12.6. The lowest BCUT2D eigenvalue weighted by molar-refractivity contribution is -0.144. The SMILES string of the molecule is O=C(Cn1nc(-c2cccs2)oc1=O)N1CCO[C@H]2CCC[C@H]21. The van der Waals surface area contributed by atoms with Gasteiger partial charge in [-0.1, -0.05) is 6.07 Å². The van der Waals surface area contributed by atoms with Gasteiger partial charge in [0.15, 0.2) is 0 Å². The van der Waals surface area contributed by atoms with E-state index in [-0.39, 0.29) is 30.5 Å². The average molecular weight is 335 g/mol. The van der Waals surface area contributed by atoms with Crippen molar-refractivity contribution in [3.05, 3.63) is 28.1 Å². The number of nitrogens with zero attached hydrogens (tertiary/aromatic N) is 3. The predicted octanol–water partition coefficient (Wildman–Crippen LogP) is 1.34. The topological polar surface area (TPSA) is 77.6 Å². The number of carbonyl (C=O) groups excluding carboxylic acids is 1. The molecule has 4 rings (SSSR count). The van der Waals surface area contributed by atoms with Gasteiger partial charge in [-0.25, -0.2) is 4.79 Å². The molecule has 2 aromatic heterocycles. The molecule has 23 heavy (non-hydrogen) atoms. The molecule has 0 unspecified atom stereocenters. The van der Waals surface area contributed by atoms with Crippen molar-refractivity contribution in [1.29, 1.82) is 0 Å². The van der Waals surface area contributed by atoms with Crippen LogP contribution in [0.25, 0.3) is 10.8 Å². The number of rotatable bonds is 3. The fraction of sp³-hybridized carbons (Fsp3) is 0.533. The molecule has 1 aliphatic carbocycles. The third-order valence-corrected chi connectivity index (χ3v) is 5.28. The van der Waals surface area contributed by atoms with Crippen molar-refractivity contribution >= 4 is 17.2 Å². The van der Waals surface area contributed by atoms with Gasteiger partial charge in [0.05, 0.1) is 23.6 Å². The second-order valence-corrected chi connectivity index (χ2v) is 6.75. The molecule has 1 saturated heterocycles. The zero-order chi connectivity index (χ0) is 15.8. The van der Waals surface area contributed by atoms with Crippen LogP contribution in [0.15, 0.2) is 26.7 Å². The molecule has 2 aromatic rings. The van der Waals surface area contributed by atoms with Gasteiger partial charge in [0.2, 0.25) is 5.91 Å². The van der Waals surface area contributed by atoms with Crippen LogP contribution in [0.5, 0.6) is 0 Å². The Kier molecular flexibility index (Phi) is 3.78. The van der Waals surface area contributed by atoms with Gasteiger partial charge in [0.1, 0.15) is 6.54 Å². The molecule has 7 nitrogen and oxygen atoms in total. The summed E-state index contributed by atoms with van der Waals surface area (Å²) in [6.07, 6.45) is 3.18. The van der Waals surface area contributed by atoms with Crippen molar-refractivity contribution in [3.8, 4) is 10.8 Å². The minimum Gasteiger partial charge on any atom is -0.387 e. The molecule has 0 bridgehead atoms. The Bertz CT molecular complexity index is 751. The van der Waals surface area contributed by atoms with E-state index in [2.05, 4.69) is 5.10 Å². The summed E-state index contributed by atoms with van der Waals surface area (Å²) < 4.78 is 12.0. The Morgan fingerprint density at radius 3 is 3.17 bits per heavy atom. The highest BCUT2D eigenvalue weighted by atomic mass is 32.1. The number of thiophene rings is 1. The standard InChI is InChI=1S/C15H17N3O4S/c19-13(17-6-7-21-11-4-1-3-10(11)17)9-18-15(20)22-14(16-18)12-5-2-8-23-12/h2,5,8,10-11H,1,3-4,6-7,9H2/t10-,11+/m1/s1. The van der Waals surface area contributed by atoms with Crippen molar-refractivity contribution in [2.45, 2.75) is 38.0 Å². The van der Waals surface area contributed by atoms with Crippen molar-refractivity contribution in [1.82, 2.24) is 14.7 Å². The number of morpholine rings is 1. The summed E-state index contributed by atoms with van der Waals surface area (Å²) in [7, 11) is 0. The number of carbonyl (C=O) groups is 1. The van der Waals surface area contributed by atoms with E-state index in [4.69, 9.17) is 9.15 Å². The first-order chi connectivity index (χ1) is 11.2. The number of fused-ring (bicyclic) bond motifs is 1. The van der Waals surface area contributed by atoms with Gasteiger partial charge in [-0.15, -0.1) is 16.4 Å². The van der Waals surface area contributed by atoms with Crippen molar-refractivity contribution < 1.29 is 13.9 Å². The van der Waals surface area contributed by atoms with E-state index in [1.165, 1.54) is 11.3 Å². The lowest BCUT2D eigenvalue weighted by Crippen LogP contribution is -2.52. The molecule has 0 aromatic carbocycles. The van der Waals surface area contributed by atoms with E-state index in [9.17, 15) is 9.59 Å². The molecule has 3 heterocycles. The van der Waals surface area contributed by atoms with E-state index in [1.807, 2.05) is 22.4 Å². The van der Waals surface area contributed by atoms with Crippen LogP contribution < -0.4 is 5.76 Å². The summed E-state index contributed by atoms with van der Waals surface area (Å²) in [5.41, 5.74) is 0. The second kappa shape index (κ2) is 5.93. The highest BCUT2D eigenvalue weighted by molar-refractivity contribution is 7.13. The van der Waals surface area contributed by atoms with Crippen LogP contribution in [-0.2, 0) is 16.1 Å². The molecule has 122 valence electrons. The molecule has 1 amide bonds. The first-order valence-corrected chi connectivity index (χ1v) is 8.63. The number of hydrogen-bond acceptors (Lipinski definition) is 6. The summed E-state index contributed by atoms with van der Waals surface area (Å²) in [5, 5.41) is 6.02. The Balaban J connectivity index is 1.51. The summed E-state index contributed by atoms with van der Waals surface area (Å²) in [4.78, 5) is 27.1. The number of amides is 1. The van der Waals surface area contributed by atoms with Crippen LogP contribution in [0.2, 0.25) is 0 Å². The first kappa shape index (κ1) is 14.6. The van der Waals surface area contributed by atoms with Gasteiger partial charge in [-0.3, -0.25) is 4.79 Å². The van der Waals surface area contributed by atoms with Crippen LogP contribution in [-0.4, -0.2) is 45.9 Å². The van der Waals surface area contributed by atoms with Crippen molar-refractivity contribution in [2.24, 2.45) is 0 Å². The summed E-state index contributed by atoms with van der Waals surface area (Å²) in [5.74, 6) is -0.435. The van der Waals surface area contributed by atoms with Gasteiger partial charge in [-0.05, 0) is 30.7 Å². The Morgan fingerprint density at radius 1 is 1.43 bits per heavy atom. The maximum Gasteiger partial charge on any atom is 0.437 e. The molecule has 8 heteroatoms. The molecule has 0 N–H and O–H groups in total. The zero-order valence-electron chi connectivity index (χ0n) is 12.5. The number of hydrogen-bond donors (Lipinski definition) is 0. The van der Waals surface area contributed by atoms with E-state index < -0.39 is 5.76 Å². The van der Waals surface area contributed by atoms with Crippen LogP contribution in [0, 0.1) is 0 Å². The van der Waals surface area contributed by atoms with Gasteiger partial charge in [0.25, 0.3) is 5.89 Å². The molecule has 0 spiro atoms. The van der Waals surface area contributed by atoms with Gasteiger partial charge in [-0.2, -0.15) is 4.68 Å². The first-order valence-electron chi connectivity index (χ1n) is 7.75. The van der Waals surface area contributed by atoms with Gasteiger partial charge in [0, 0.05) is 6.54 Å². The Hall–Kier alpha value is -1.93. The van der Waals surface area contributed by atoms with E-state index in [1.54, 1.807) is 0 Å². The van der Waals surface area contributed by atoms with Crippen molar-refractivity contribution in [3.63, 3.8) is 0 Å². The lowest BCUT2D eigenvalue weighted by Gasteiger charge is -2.37. The zero-order valence-corrected chi connectivity index (χ0v) is 13.3. The van der Waals surface area contributed by atoms with E-state index >= 15 is 0 Å². The Morgan fingerprint density at radius 2 is 2.35 bits per heavy atom. The third kappa shape index (κ3) is 2.72. The molecule has 2 atom stereocenters. The van der Waals surface area contributed by atoms with Crippen LogP contribution >= 0.6 is 11.3 Å². The summed E-state index contributed by atoms with van der Waals surface area (Å²) in [6.45, 7) is 1.04. The summed E-state index contributed by atoms with van der Waals surface area (Å²) >= 11 is 1.44. The fourth-order valence-electron chi connectivity index (χ4n) is 3.36. The quantitative estimate of drug-likeness (QED) is 0.846. The Labute approximate surface area is 136 Å². The molecular formula is C15H17N3O4S. The minimum atomic E-state index is -0.599. The third-order valence-electron chi connectivity index (χ3n) is 4.43. The highest BCUT2D eigenvalue weighted by Crippen LogP contribution is 2.29. The molecular weight excluding hydrogens is 318 g/mol. The van der Waals surface area contributed by atoms with E-state index in [0.717, 1.165) is 28.8 Å². The number of aromatic nitrogens is 2. The molecule has 0 radical (unpaired) electrons. The lowest BCUT2D eigenvalue weighted by atomic mass is 10.1. The fourth-order valence-corrected chi connectivity index (χ4v) is 4.00. The number of ether oxygens (including phenoxy) is 1. The van der Waals surface area contributed by atoms with Crippen LogP contribution in [0.4, 0.5) is 0 Å². The highest BCUT2D eigenvalue weighted by Gasteiger charge is 2.38. The van der Waals surface area contributed by atoms with Gasteiger partial charge >= 0.3 is 5.76 Å². The van der Waals surface area contributed by atoms with Crippen molar-refractivity contribution in [2.75, 3.05) is 13.2 Å². The predicted molar refractivity (Wildman–Crippen MR) is 83.2 cm³/mol. The monoisotopic (exact) mass is 335 g/mol. The average Bonchev–Trinajstić information content (AvgIpc) is 3.27.